The zero-order chi connectivity index (χ0) is 19.3. The lowest BCUT2D eigenvalue weighted by Gasteiger charge is -2.34. The fraction of sp³-hybridized carbons (Fsp3) is 0.556. The molecule has 9 nitrogen and oxygen atoms in total. The average Bonchev–Trinajstić information content (AvgIpc) is 3.41. The third kappa shape index (κ3) is 2.79. The molecule has 3 aliphatic heterocycles. The van der Waals surface area contributed by atoms with Gasteiger partial charge >= 0.3 is 6.09 Å². The van der Waals surface area contributed by atoms with Crippen molar-refractivity contribution in [2.45, 2.75) is 19.3 Å². The van der Waals surface area contributed by atoms with Gasteiger partial charge in [-0.2, -0.15) is 0 Å². The van der Waals surface area contributed by atoms with Gasteiger partial charge in [-0.1, -0.05) is 5.16 Å². The van der Waals surface area contributed by atoms with Crippen LogP contribution >= 0.6 is 0 Å². The zero-order valence-corrected chi connectivity index (χ0v) is 15.4. The standard InChI is InChI=1S/C18H20FN3O6/c1-10-9-21(2-4-24-10)14-11(17-25-6-7-26-17)8-12-15(13(14)19)28-20-16(12)22-3-5-27-18(22)23/h8,10,17H,2-7,9H2,1H3. The summed E-state index contributed by atoms with van der Waals surface area (Å²) in [7, 11) is 0. The second kappa shape index (κ2) is 6.87. The van der Waals surface area contributed by atoms with Crippen LogP contribution in [0.3, 0.4) is 0 Å². The van der Waals surface area contributed by atoms with Gasteiger partial charge in [0.2, 0.25) is 5.58 Å². The Balaban J connectivity index is 1.66. The predicted molar refractivity (Wildman–Crippen MR) is 94.9 cm³/mol. The molecule has 4 heterocycles. The summed E-state index contributed by atoms with van der Waals surface area (Å²) in [5, 5.41) is 4.33. The lowest BCUT2D eigenvalue weighted by molar-refractivity contribution is -0.0440. The van der Waals surface area contributed by atoms with Crippen molar-refractivity contribution in [3.8, 4) is 0 Å². The monoisotopic (exact) mass is 393 g/mol. The molecule has 0 N–H and O–H groups in total. The van der Waals surface area contributed by atoms with Crippen molar-refractivity contribution in [3.05, 3.63) is 17.4 Å². The largest absolute Gasteiger partial charge is 0.447 e. The van der Waals surface area contributed by atoms with E-state index in [0.717, 1.165) is 0 Å². The normalized spacial score (nSPS) is 23.8. The van der Waals surface area contributed by atoms with E-state index in [9.17, 15) is 4.79 Å². The van der Waals surface area contributed by atoms with Crippen LogP contribution in [0.25, 0.3) is 11.0 Å². The molecule has 28 heavy (non-hydrogen) atoms. The number of benzene rings is 1. The van der Waals surface area contributed by atoms with E-state index < -0.39 is 18.2 Å². The number of ether oxygens (including phenoxy) is 4. The number of halogens is 1. The third-order valence-electron chi connectivity index (χ3n) is 5.14. The number of anilines is 2. The molecule has 1 atom stereocenters. The molecule has 1 amide bonds. The van der Waals surface area contributed by atoms with Gasteiger partial charge in [0.15, 0.2) is 17.9 Å². The Morgan fingerprint density at radius 1 is 1.14 bits per heavy atom. The van der Waals surface area contributed by atoms with Crippen LogP contribution in [0.15, 0.2) is 10.6 Å². The van der Waals surface area contributed by atoms with Gasteiger partial charge in [0.25, 0.3) is 0 Å². The first-order chi connectivity index (χ1) is 13.6. The number of hydrogen-bond acceptors (Lipinski definition) is 8. The summed E-state index contributed by atoms with van der Waals surface area (Å²) in [6.45, 7) is 4.93. The first kappa shape index (κ1) is 17.7. The molecule has 1 aromatic heterocycles. The van der Waals surface area contributed by atoms with Gasteiger partial charge in [-0.05, 0) is 13.0 Å². The third-order valence-corrected chi connectivity index (χ3v) is 5.14. The predicted octanol–water partition coefficient (Wildman–Crippen LogP) is 2.19. The molecule has 0 bridgehead atoms. The highest BCUT2D eigenvalue weighted by Crippen LogP contribution is 2.41. The van der Waals surface area contributed by atoms with Gasteiger partial charge in [0.05, 0.1) is 43.5 Å². The number of cyclic esters (lactones) is 1. The lowest BCUT2D eigenvalue weighted by atomic mass is 10.1. The van der Waals surface area contributed by atoms with E-state index >= 15 is 4.39 Å². The Morgan fingerprint density at radius 2 is 1.96 bits per heavy atom. The summed E-state index contributed by atoms with van der Waals surface area (Å²) >= 11 is 0. The van der Waals surface area contributed by atoms with Gasteiger partial charge in [-0.15, -0.1) is 0 Å². The smallest absolute Gasteiger partial charge is 0.415 e. The van der Waals surface area contributed by atoms with Crippen molar-refractivity contribution in [2.24, 2.45) is 0 Å². The van der Waals surface area contributed by atoms with Crippen LogP contribution in [-0.4, -0.2) is 63.4 Å². The molecule has 0 radical (unpaired) electrons. The minimum Gasteiger partial charge on any atom is -0.447 e. The Hall–Kier alpha value is -2.43. The van der Waals surface area contributed by atoms with Gasteiger partial charge in [0, 0.05) is 18.7 Å². The molecule has 3 aliphatic rings. The summed E-state index contributed by atoms with van der Waals surface area (Å²) in [6.07, 6.45) is -1.26. The number of rotatable bonds is 3. The molecule has 3 saturated heterocycles. The molecule has 150 valence electrons. The quantitative estimate of drug-likeness (QED) is 0.785. The maximum absolute atomic E-state index is 15.6. The maximum atomic E-state index is 15.6. The summed E-state index contributed by atoms with van der Waals surface area (Å²) < 4.78 is 42.8. The summed E-state index contributed by atoms with van der Waals surface area (Å²) in [5.74, 6) is -0.315. The molecule has 0 aliphatic carbocycles. The summed E-state index contributed by atoms with van der Waals surface area (Å²) in [5.41, 5.74) is 0.903. The van der Waals surface area contributed by atoms with Crippen molar-refractivity contribution in [1.29, 1.82) is 0 Å². The number of carbonyl (C=O) groups excluding carboxylic acids is 1. The van der Waals surface area contributed by atoms with E-state index in [1.54, 1.807) is 6.07 Å². The van der Waals surface area contributed by atoms with E-state index in [4.69, 9.17) is 23.5 Å². The SMILES string of the molecule is CC1CN(c2c(C3OCCO3)cc3c(N4CCOC4=O)noc3c2F)CCO1. The molecule has 10 heteroatoms. The Bertz CT molecular complexity index is 912. The summed E-state index contributed by atoms with van der Waals surface area (Å²) in [6, 6.07) is 1.74. The van der Waals surface area contributed by atoms with Crippen LogP contribution in [0, 0.1) is 5.82 Å². The number of hydrogen-bond donors (Lipinski definition) is 0. The number of fused-ring (bicyclic) bond motifs is 1. The molecule has 1 aromatic carbocycles. The zero-order valence-electron chi connectivity index (χ0n) is 15.4. The molecular formula is C18H20FN3O6. The topological polar surface area (TPSA) is 86.5 Å². The highest BCUT2D eigenvalue weighted by atomic mass is 19.1. The van der Waals surface area contributed by atoms with Crippen molar-refractivity contribution >= 4 is 28.6 Å². The Morgan fingerprint density at radius 3 is 2.68 bits per heavy atom. The number of nitrogens with zero attached hydrogens (tertiary/aromatic N) is 3. The van der Waals surface area contributed by atoms with Crippen LogP contribution in [0.4, 0.5) is 20.7 Å². The fourth-order valence-corrected chi connectivity index (χ4v) is 3.88. The number of morpholine rings is 1. The molecule has 2 aromatic rings. The minimum absolute atomic E-state index is 0.00871. The van der Waals surface area contributed by atoms with E-state index in [1.165, 1.54) is 4.90 Å². The lowest BCUT2D eigenvalue weighted by Crippen LogP contribution is -2.42. The summed E-state index contributed by atoms with van der Waals surface area (Å²) in [4.78, 5) is 15.2. The molecule has 1 unspecified atom stereocenters. The van der Waals surface area contributed by atoms with Gasteiger partial charge in [0.1, 0.15) is 6.61 Å². The maximum Gasteiger partial charge on any atom is 0.415 e. The Kier molecular flexibility index (Phi) is 4.33. The first-order valence-corrected chi connectivity index (χ1v) is 9.29. The molecule has 3 fully saturated rings. The van der Waals surface area contributed by atoms with E-state index in [1.807, 2.05) is 11.8 Å². The number of aromatic nitrogens is 1. The molecular weight excluding hydrogens is 373 g/mol. The van der Waals surface area contributed by atoms with Crippen molar-refractivity contribution in [2.75, 3.05) is 55.9 Å². The molecule has 0 spiro atoms. The van der Waals surface area contributed by atoms with Gasteiger partial charge < -0.3 is 28.4 Å². The first-order valence-electron chi connectivity index (χ1n) is 9.29. The van der Waals surface area contributed by atoms with Crippen LogP contribution in [-0.2, 0) is 18.9 Å². The van der Waals surface area contributed by atoms with Crippen LogP contribution in [0.2, 0.25) is 0 Å². The fourth-order valence-electron chi connectivity index (χ4n) is 3.88. The Labute approximate surface area is 159 Å². The highest BCUT2D eigenvalue weighted by molar-refractivity contribution is 6.00. The second-order valence-corrected chi connectivity index (χ2v) is 6.98. The number of amides is 1. The van der Waals surface area contributed by atoms with E-state index in [2.05, 4.69) is 5.16 Å². The second-order valence-electron chi connectivity index (χ2n) is 6.98. The number of carbonyl (C=O) groups is 1. The van der Waals surface area contributed by atoms with Gasteiger partial charge in [-0.3, -0.25) is 4.90 Å². The minimum atomic E-state index is -0.694. The van der Waals surface area contributed by atoms with Crippen LogP contribution < -0.4 is 9.80 Å². The van der Waals surface area contributed by atoms with Crippen molar-refractivity contribution < 1.29 is 32.7 Å². The van der Waals surface area contributed by atoms with Crippen LogP contribution in [0.1, 0.15) is 18.8 Å². The molecule has 5 rings (SSSR count). The highest BCUT2D eigenvalue weighted by Gasteiger charge is 2.35. The van der Waals surface area contributed by atoms with E-state index in [-0.39, 0.29) is 24.1 Å². The van der Waals surface area contributed by atoms with Gasteiger partial charge in [-0.25, -0.2) is 9.18 Å². The van der Waals surface area contributed by atoms with Crippen LogP contribution in [0.5, 0.6) is 0 Å². The average molecular weight is 393 g/mol. The van der Waals surface area contributed by atoms with Crippen molar-refractivity contribution in [3.63, 3.8) is 0 Å². The van der Waals surface area contributed by atoms with Crippen molar-refractivity contribution in [1.82, 2.24) is 5.16 Å². The van der Waals surface area contributed by atoms with E-state index in [0.29, 0.717) is 56.1 Å². The molecule has 0 saturated carbocycles.